The van der Waals surface area contributed by atoms with Gasteiger partial charge < -0.3 is 10.5 Å². The van der Waals surface area contributed by atoms with Crippen molar-refractivity contribution in [2.24, 2.45) is 11.7 Å². The number of ether oxygens (including phenoxy) is 1. The largest absolute Gasteiger partial charge is 0.493 e. The van der Waals surface area contributed by atoms with Gasteiger partial charge in [-0.25, -0.2) is 4.39 Å². The zero-order chi connectivity index (χ0) is 13.7. The predicted molar refractivity (Wildman–Crippen MR) is 70.3 cm³/mol. The van der Waals surface area contributed by atoms with Crippen molar-refractivity contribution in [3.8, 4) is 5.75 Å². The quantitative estimate of drug-likeness (QED) is 0.876. The molecule has 1 saturated heterocycles. The summed E-state index contributed by atoms with van der Waals surface area (Å²) in [6, 6.07) is 6.02. The Morgan fingerprint density at radius 1 is 1.42 bits per heavy atom. The highest BCUT2D eigenvalue weighted by Crippen LogP contribution is 2.18. The van der Waals surface area contributed by atoms with Crippen LogP contribution in [0.1, 0.15) is 12.8 Å². The fourth-order valence-corrected chi connectivity index (χ4v) is 2.40. The number of carbonyl (C=O) groups excluding carboxylic acids is 1. The summed E-state index contributed by atoms with van der Waals surface area (Å²) in [7, 11) is 0. The number of primary amides is 1. The Hall–Kier alpha value is -1.62. The number of nitrogens with zero attached hydrogens (tertiary/aromatic N) is 1. The molecule has 1 fully saturated rings. The van der Waals surface area contributed by atoms with E-state index in [1.807, 2.05) is 0 Å². The number of likely N-dealkylation sites (tertiary alicyclic amines) is 1. The first-order valence-electron chi connectivity index (χ1n) is 6.52. The maximum Gasteiger partial charge on any atom is 0.231 e. The average Bonchev–Trinajstić information content (AvgIpc) is 2.38. The number of hydrogen-bond donors (Lipinski definition) is 1. The lowest BCUT2D eigenvalue weighted by molar-refractivity contribution is -0.119. The molecule has 2 N–H and O–H groups in total. The van der Waals surface area contributed by atoms with E-state index in [9.17, 15) is 9.18 Å². The third-order valence-electron chi connectivity index (χ3n) is 3.28. The van der Waals surface area contributed by atoms with Crippen LogP contribution in [0.3, 0.4) is 0 Å². The molecule has 4 nitrogen and oxygen atoms in total. The lowest BCUT2D eigenvalue weighted by Crippen LogP contribution is -2.42. The second-order valence-electron chi connectivity index (χ2n) is 4.97. The van der Waals surface area contributed by atoms with E-state index in [2.05, 4.69) is 4.90 Å². The number of carbonyl (C=O) groups is 1. The van der Waals surface area contributed by atoms with Gasteiger partial charge in [-0.2, -0.15) is 0 Å². The Morgan fingerprint density at radius 2 is 2.16 bits per heavy atom. The van der Waals surface area contributed by atoms with E-state index in [4.69, 9.17) is 10.5 Å². The highest BCUT2D eigenvalue weighted by molar-refractivity contribution is 5.75. The number of nitrogens with two attached hydrogens (primary N) is 1. The van der Waals surface area contributed by atoms with Gasteiger partial charge in [0.2, 0.25) is 5.91 Å². The first-order chi connectivity index (χ1) is 9.13. The number of piperidine rings is 1. The third-order valence-corrected chi connectivity index (χ3v) is 3.28. The smallest absolute Gasteiger partial charge is 0.231 e. The minimum Gasteiger partial charge on any atom is -0.493 e. The van der Waals surface area contributed by atoms with Crippen molar-refractivity contribution in [1.82, 2.24) is 4.90 Å². The SMILES string of the molecule is NC(=O)CN1CCC[C@H](COc2ccc(F)cc2)C1. The Morgan fingerprint density at radius 3 is 2.84 bits per heavy atom. The van der Waals surface area contributed by atoms with Crippen LogP contribution in [-0.4, -0.2) is 37.0 Å². The molecule has 0 aromatic heterocycles. The van der Waals surface area contributed by atoms with Gasteiger partial charge in [-0.05, 0) is 43.7 Å². The summed E-state index contributed by atoms with van der Waals surface area (Å²) in [5, 5.41) is 0. The first-order valence-corrected chi connectivity index (χ1v) is 6.52. The van der Waals surface area contributed by atoms with Crippen LogP contribution < -0.4 is 10.5 Å². The van der Waals surface area contributed by atoms with Crippen LogP contribution in [0.5, 0.6) is 5.75 Å². The Labute approximate surface area is 112 Å². The summed E-state index contributed by atoms with van der Waals surface area (Å²) >= 11 is 0. The van der Waals surface area contributed by atoms with Crippen LogP contribution in [0.4, 0.5) is 4.39 Å². The van der Waals surface area contributed by atoms with Gasteiger partial charge in [0.05, 0.1) is 13.2 Å². The van der Waals surface area contributed by atoms with Crippen molar-refractivity contribution in [2.45, 2.75) is 12.8 Å². The van der Waals surface area contributed by atoms with Crippen molar-refractivity contribution in [1.29, 1.82) is 0 Å². The van der Waals surface area contributed by atoms with Crippen molar-refractivity contribution in [3.05, 3.63) is 30.1 Å². The third kappa shape index (κ3) is 4.52. The average molecular weight is 266 g/mol. The van der Waals surface area contributed by atoms with Gasteiger partial charge in [-0.1, -0.05) is 0 Å². The number of hydrogen-bond acceptors (Lipinski definition) is 3. The van der Waals surface area contributed by atoms with Crippen molar-refractivity contribution < 1.29 is 13.9 Å². The highest BCUT2D eigenvalue weighted by Gasteiger charge is 2.21. The van der Waals surface area contributed by atoms with Gasteiger partial charge in [0.1, 0.15) is 11.6 Å². The van der Waals surface area contributed by atoms with Gasteiger partial charge in [-0.3, -0.25) is 9.69 Å². The first kappa shape index (κ1) is 13.8. The van der Waals surface area contributed by atoms with Crippen molar-refractivity contribution in [2.75, 3.05) is 26.2 Å². The normalized spacial score (nSPS) is 20.2. The van der Waals surface area contributed by atoms with Crippen LogP contribution in [0, 0.1) is 11.7 Å². The molecule has 0 aliphatic carbocycles. The van der Waals surface area contributed by atoms with E-state index in [1.165, 1.54) is 12.1 Å². The lowest BCUT2D eigenvalue weighted by Gasteiger charge is -2.31. The minimum atomic E-state index is -0.292. The predicted octanol–water partition coefficient (Wildman–Crippen LogP) is 1.40. The van der Waals surface area contributed by atoms with Gasteiger partial charge in [0.15, 0.2) is 0 Å². The molecule has 1 aliphatic heterocycles. The zero-order valence-electron chi connectivity index (χ0n) is 10.8. The monoisotopic (exact) mass is 266 g/mol. The van der Waals surface area contributed by atoms with Gasteiger partial charge in [-0.15, -0.1) is 0 Å². The fraction of sp³-hybridized carbons (Fsp3) is 0.500. The standard InChI is InChI=1S/C14H19FN2O2/c15-12-3-5-13(6-4-12)19-10-11-2-1-7-17(8-11)9-14(16)18/h3-6,11H,1-2,7-10H2,(H2,16,18)/t11-/m0/s1. The van der Waals surface area contributed by atoms with Crippen LogP contribution >= 0.6 is 0 Å². The number of halogens is 1. The number of amides is 1. The summed E-state index contributed by atoms with van der Waals surface area (Å²) in [4.78, 5) is 13.0. The maximum absolute atomic E-state index is 12.7. The van der Waals surface area contributed by atoms with Crippen LogP contribution in [0.2, 0.25) is 0 Å². The maximum atomic E-state index is 12.7. The second kappa shape index (κ2) is 6.52. The molecule has 0 radical (unpaired) electrons. The highest BCUT2D eigenvalue weighted by atomic mass is 19.1. The van der Waals surface area contributed by atoms with Crippen molar-refractivity contribution in [3.63, 3.8) is 0 Å². The van der Waals surface area contributed by atoms with E-state index in [1.54, 1.807) is 12.1 Å². The molecule has 0 saturated carbocycles. The summed E-state index contributed by atoms with van der Waals surface area (Å²) in [5.41, 5.74) is 5.20. The zero-order valence-corrected chi connectivity index (χ0v) is 10.8. The fourth-order valence-electron chi connectivity index (χ4n) is 2.40. The van der Waals surface area contributed by atoms with E-state index in [0.29, 0.717) is 24.8 Å². The number of benzene rings is 1. The van der Waals surface area contributed by atoms with Gasteiger partial charge in [0.25, 0.3) is 0 Å². The summed E-state index contributed by atoms with van der Waals surface area (Å²) in [6.07, 6.45) is 2.13. The molecule has 1 aromatic carbocycles. The van der Waals surface area contributed by atoms with E-state index < -0.39 is 0 Å². The second-order valence-corrected chi connectivity index (χ2v) is 4.97. The van der Waals surface area contributed by atoms with Gasteiger partial charge in [0, 0.05) is 12.5 Å². The molecular formula is C14H19FN2O2. The molecule has 0 spiro atoms. The Kier molecular flexibility index (Phi) is 4.74. The molecule has 1 aliphatic rings. The molecule has 5 heteroatoms. The Bertz CT molecular complexity index is 422. The summed E-state index contributed by atoms with van der Waals surface area (Å²) in [6.45, 7) is 2.63. The summed E-state index contributed by atoms with van der Waals surface area (Å²) < 4.78 is 18.4. The molecule has 2 rings (SSSR count). The van der Waals surface area contributed by atoms with E-state index >= 15 is 0 Å². The topological polar surface area (TPSA) is 55.6 Å². The Balaban J connectivity index is 1.79. The molecule has 104 valence electrons. The molecule has 19 heavy (non-hydrogen) atoms. The molecule has 0 bridgehead atoms. The van der Waals surface area contributed by atoms with Crippen LogP contribution in [-0.2, 0) is 4.79 Å². The molecule has 1 aromatic rings. The summed E-state index contributed by atoms with van der Waals surface area (Å²) in [5.74, 6) is 0.504. The molecule has 1 heterocycles. The lowest BCUT2D eigenvalue weighted by atomic mass is 9.99. The minimum absolute atomic E-state index is 0.266. The van der Waals surface area contributed by atoms with Crippen molar-refractivity contribution >= 4 is 5.91 Å². The molecule has 1 amide bonds. The molecule has 0 unspecified atom stereocenters. The van der Waals surface area contributed by atoms with E-state index in [0.717, 1.165) is 25.9 Å². The number of rotatable bonds is 5. The van der Waals surface area contributed by atoms with E-state index in [-0.39, 0.29) is 11.7 Å². The van der Waals surface area contributed by atoms with Crippen LogP contribution in [0.15, 0.2) is 24.3 Å². The van der Waals surface area contributed by atoms with Crippen LogP contribution in [0.25, 0.3) is 0 Å². The molecule has 1 atom stereocenters. The molecular weight excluding hydrogens is 247 g/mol. The van der Waals surface area contributed by atoms with Gasteiger partial charge >= 0.3 is 0 Å².